The number of carbonyl (C=O) groups is 1. The first-order chi connectivity index (χ1) is 7.15. The number of aliphatic hydroxyl groups is 1. The van der Waals surface area contributed by atoms with E-state index in [-0.39, 0.29) is 12.1 Å². The molecule has 1 heterocycles. The Kier molecular flexibility index (Phi) is 4.82. The molecule has 0 fully saturated rings. The predicted molar refractivity (Wildman–Crippen MR) is 58.4 cm³/mol. The average molecular weight is 212 g/mol. The summed E-state index contributed by atoms with van der Waals surface area (Å²) in [6, 6.07) is 0. The molecule has 1 aliphatic rings. The van der Waals surface area contributed by atoms with Gasteiger partial charge < -0.3 is 9.84 Å². The Morgan fingerprint density at radius 3 is 2.73 bits per heavy atom. The van der Waals surface area contributed by atoms with E-state index in [0.717, 1.165) is 43.3 Å². The first-order valence-corrected chi connectivity index (χ1v) is 5.69. The van der Waals surface area contributed by atoms with Crippen molar-refractivity contribution in [1.82, 2.24) is 0 Å². The van der Waals surface area contributed by atoms with Gasteiger partial charge in [-0.2, -0.15) is 0 Å². The van der Waals surface area contributed by atoms with Crippen LogP contribution >= 0.6 is 0 Å². The molecule has 15 heavy (non-hydrogen) atoms. The number of ether oxygens (including phenoxy) is 1. The summed E-state index contributed by atoms with van der Waals surface area (Å²) in [6.07, 6.45) is 4.32. The Bertz CT molecular complexity index is 256. The van der Waals surface area contributed by atoms with Crippen LogP contribution in [0.5, 0.6) is 0 Å². The third kappa shape index (κ3) is 3.67. The van der Waals surface area contributed by atoms with Gasteiger partial charge in [0.25, 0.3) is 0 Å². The topological polar surface area (TPSA) is 46.5 Å². The van der Waals surface area contributed by atoms with Crippen LogP contribution in [0.3, 0.4) is 0 Å². The molecule has 3 nitrogen and oxygen atoms in total. The molecular formula is C12H20O3. The minimum Gasteiger partial charge on any atom is -0.458 e. The number of carbonyl (C=O) groups excluding carboxylic acids is 1. The number of cyclic esters (lactones) is 1. The Labute approximate surface area is 91.1 Å². The zero-order valence-corrected chi connectivity index (χ0v) is 9.58. The maximum atomic E-state index is 11.1. The van der Waals surface area contributed by atoms with E-state index in [1.807, 2.05) is 0 Å². The summed E-state index contributed by atoms with van der Waals surface area (Å²) in [5.74, 6) is -0.201. The third-order valence-corrected chi connectivity index (χ3v) is 2.88. The minimum atomic E-state index is -0.235. The van der Waals surface area contributed by atoms with E-state index in [9.17, 15) is 9.90 Å². The Hall–Kier alpha value is -0.830. The molecule has 0 aromatic rings. The highest BCUT2D eigenvalue weighted by Gasteiger charge is 2.20. The first-order valence-electron chi connectivity index (χ1n) is 5.69. The van der Waals surface area contributed by atoms with Crippen molar-refractivity contribution >= 4 is 5.97 Å². The van der Waals surface area contributed by atoms with Crippen LogP contribution in [0.2, 0.25) is 0 Å². The van der Waals surface area contributed by atoms with Gasteiger partial charge in [-0.25, -0.2) is 4.79 Å². The van der Waals surface area contributed by atoms with Crippen LogP contribution in [-0.4, -0.2) is 23.8 Å². The highest BCUT2D eigenvalue weighted by Crippen LogP contribution is 2.21. The van der Waals surface area contributed by atoms with Crippen LogP contribution in [0.1, 0.15) is 46.0 Å². The van der Waals surface area contributed by atoms with Crippen LogP contribution in [0.25, 0.3) is 0 Å². The lowest BCUT2D eigenvalue weighted by Crippen LogP contribution is -2.07. The largest absolute Gasteiger partial charge is 0.458 e. The van der Waals surface area contributed by atoms with Gasteiger partial charge in [0.2, 0.25) is 0 Å². The van der Waals surface area contributed by atoms with Crippen LogP contribution in [0, 0.1) is 0 Å². The second-order valence-electron chi connectivity index (χ2n) is 4.14. The molecule has 0 amide bonds. The molecule has 0 radical (unpaired) electrons. The molecule has 0 spiro atoms. The second kappa shape index (κ2) is 5.91. The molecule has 0 saturated heterocycles. The minimum absolute atomic E-state index is 0.201. The molecule has 0 aromatic carbocycles. The summed E-state index contributed by atoms with van der Waals surface area (Å²) in [4.78, 5) is 11.1. The van der Waals surface area contributed by atoms with E-state index in [0.29, 0.717) is 6.61 Å². The zero-order valence-electron chi connectivity index (χ0n) is 9.58. The molecule has 1 unspecified atom stereocenters. The monoisotopic (exact) mass is 212 g/mol. The maximum Gasteiger partial charge on any atom is 0.334 e. The summed E-state index contributed by atoms with van der Waals surface area (Å²) >= 11 is 0. The van der Waals surface area contributed by atoms with Gasteiger partial charge in [-0.15, -0.1) is 0 Å². The molecule has 1 rings (SSSR count). The van der Waals surface area contributed by atoms with Crippen molar-refractivity contribution in [3.05, 3.63) is 11.1 Å². The van der Waals surface area contributed by atoms with E-state index in [1.165, 1.54) is 0 Å². The molecule has 0 aromatic heterocycles. The Balaban J connectivity index is 2.28. The van der Waals surface area contributed by atoms with Crippen molar-refractivity contribution in [2.45, 2.75) is 52.1 Å². The number of hydrogen-bond acceptors (Lipinski definition) is 3. The number of hydrogen-bond donors (Lipinski definition) is 1. The Morgan fingerprint density at radius 1 is 1.47 bits per heavy atom. The number of rotatable bonds is 6. The molecule has 1 aliphatic heterocycles. The SMILES string of the molecule is CCCCC(O)CCC1=C(C)C(=O)OC1. The van der Waals surface area contributed by atoms with Gasteiger partial charge in [0.1, 0.15) is 6.61 Å². The number of unbranched alkanes of at least 4 members (excludes halogenated alkanes) is 1. The highest BCUT2D eigenvalue weighted by atomic mass is 16.5. The molecule has 3 heteroatoms. The van der Waals surface area contributed by atoms with Crippen molar-refractivity contribution in [3.63, 3.8) is 0 Å². The maximum absolute atomic E-state index is 11.1. The van der Waals surface area contributed by atoms with Crippen molar-refractivity contribution in [3.8, 4) is 0 Å². The zero-order chi connectivity index (χ0) is 11.3. The molecule has 0 saturated carbocycles. The average Bonchev–Trinajstić information content (AvgIpc) is 2.54. The molecule has 0 aliphatic carbocycles. The van der Waals surface area contributed by atoms with Crippen molar-refractivity contribution in [2.24, 2.45) is 0 Å². The van der Waals surface area contributed by atoms with E-state index in [1.54, 1.807) is 6.92 Å². The van der Waals surface area contributed by atoms with Crippen LogP contribution in [0.15, 0.2) is 11.1 Å². The van der Waals surface area contributed by atoms with Gasteiger partial charge in [-0.3, -0.25) is 0 Å². The van der Waals surface area contributed by atoms with Gasteiger partial charge in [0.05, 0.1) is 6.10 Å². The molecule has 0 bridgehead atoms. The normalized spacial score (nSPS) is 18.2. The fourth-order valence-corrected chi connectivity index (χ4v) is 1.70. The quantitative estimate of drug-likeness (QED) is 0.686. The number of aliphatic hydroxyl groups excluding tert-OH is 1. The fourth-order valence-electron chi connectivity index (χ4n) is 1.70. The van der Waals surface area contributed by atoms with Gasteiger partial charge in [0.15, 0.2) is 0 Å². The predicted octanol–water partition coefficient (Wildman–Crippen LogP) is 2.19. The lowest BCUT2D eigenvalue weighted by molar-refractivity contribution is -0.135. The lowest BCUT2D eigenvalue weighted by Gasteiger charge is -2.09. The second-order valence-corrected chi connectivity index (χ2v) is 4.14. The highest BCUT2D eigenvalue weighted by molar-refractivity contribution is 5.91. The number of esters is 1. The summed E-state index contributed by atoms with van der Waals surface area (Å²) in [6.45, 7) is 4.33. The summed E-state index contributed by atoms with van der Waals surface area (Å²) in [5.41, 5.74) is 1.79. The molecule has 1 atom stereocenters. The van der Waals surface area contributed by atoms with Crippen LogP contribution in [-0.2, 0) is 9.53 Å². The van der Waals surface area contributed by atoms with Crippen molar-refractivity contribution < 1.29 is 14.6 Å². The summed E-state index contributed by atoms with van der Waals surface area (Å²) < 4.78 is 4.90. The Morgan fingerprint density at radius 2 is 2.20 bits per heavy atom. The van der Waals surface area contributed by atoms with Gasteiger partial charge in [0, 0.05) is 5.57 Å². The molecular weight excluding hydrogens is 192 g/mol. The van der Waals surface area contributed by atoms with Gasteiger partial charge >= 0.3 is 5.97 Å². The van der Waals surface area contributed by atoms with Gasteiger partial charge in [-0.1, -0.05) is 19.8 Å². The standard InChI is InChI=1S/C12H20O3/c1-3-4-5-11(13)7-6-10-8-15-12(14)9(10)2/h11,13H,3-8H2,1-2H3. The van der Waals surface area contributed by atoms with E-state index in [2.05, 4.69) is 6.92 Å². The van der Waals surface area contributed by atoms with Crippen molar-refractivity contribution in [2.75, 3.05) is 6.61 Å². The van der Waals surface area contributed by atoms with E-state index >= 15 is 0 Å². The van der Waals surface area contributed by atoms with Gasteiger partial charge in [-0.05, 0) is 31.8 Å². The smallest absolute Gasteiger partial charge is 0.334 e. The van der Waals surface area contributed by atoms with Crippen molar-refractivity contribution in [1.29, 1.82) is 0 Å². The first kappa shape index (κ1) is 12.2. The van der Waals surface area contributed by atoms with Crippen LogP contribution < -0.4 is 0 Å². The third-order valence-electron chi connectivity index (χ3n) is 2.88. The summed E-state index contributed by atoms with van der Waals surface area (Å²) in [7, 11) is 0. The fraction of sp³-hybridized carbons (Fsp3) is 0.750. The van der Waals surface area contributed by atoms with E-state index < -0.39 is 0 Å². The van der Waals surface area contributed by atoms with Crippen LogP contribution in [0.4, 0.5) is 0 Å². The molecule has 86 valence electrons. The molecule has 1 N–H and O–H groups in total. The van der Waals surface area contributed by atoms with E-state index in [4.69, 9.17) is 4.74 Å². The lowest BCUT2D eigenvalue weighted by atomic mass is 10.0. The summed E-state index contributed by atoms with van der Waals surface area (Å²) in [5, 5.41) is 9.64.